The largest absolute Gasteiger partial charge is 0.412 e. The van der Waals surface area contributed by atoms with Crippen LogP contribution < -0.4 is 16.6 Å². The van der Waals surface area contributed by atoms with Gasteiger partial charge in [-0.2, -0.15) is 5.90 Å². The summed E-state index contributed by atoms with van der Waals surface area (Å²) in [5.74, 6) is 18.7. The second-order valence-corrected chi connectivity index (χ2v) is 13.4. The molecule has 5 rings (SSSR count). The van der Waals surface area contributed by atoms with Gasteiger partial charge in [-0.25, -0.2) is 5.90 Å². The Balaban J connectivity index is 1.32. The van der Waals surface area contributed by atoms with Crippen molar-refractivity contribution in [2.24, 2.45) is 47.3 Å². The molecule has 4 aliphatic rings. The summed E-state index contributed by atoms with van der Waals surface area (Å²) in [6.45, 7) is 4.86. The standard InChI is InChI=1S/C32H52N2O2/c1-21-3-7-23(8-4-21)24-11-13-26(14-12-24)29-17-16-28(35-33)20-30(29)31-19-27(15-18-32(31)36-34)25-9-5-22(2)6-10-25/h16-17,20-27,31-32H,3-15,18-19,33-34H2,1-2H3. The van der Waals surface area contributed by atoms with Crippen molar-refractivity contribution < 1.29 is 9.68 Å². The summed E-state index contributed by atoms with van der Waals surface area (Å²) in [5.41, 5.74) is 2.94. The number of nitrogens with two attached hydrogens (primary N) is 2. The first kappa shape index (κ1) is 26.5. The zero-order chi connectivity index (χ0) is 25.1. The van der Waals surface area contributed by atoms with Gasteiger partial charge in [0.15, 0.2) is 0 Å². The molecule has 1 aromatic rings. The van der Waals surface area contributed by atoms with Gasteiger partial charge in [-0.15, -0.1) is 0 Å². The first-order valence-electron chi connectivity index (χ1n) is 15.4. The fraction of sp³-hybridized carbons (Fsp3) is 0.812. The van der Waals surface area contributed by atoms with E-state index in [0.717, 1.165) is 47.7 Å². The van der Waals surface area contributed by atoms with Crippen LogP contribution in [-0.2, 0) is 4.84 Å². The summed E-state index contributed by atoms with van der Waals surface area (Å²) < 4.78 is 0. The van der Waals surface area contributed by atoms with Crippen LogP contribution in [-0.4, -0.2) is 6.10 Å². The molecule has 0 heterocycles. The molecule has 3 unspecified atom stereocenters. The second-order valence-electron chi connectivity index (χ2n) is 13.4. The predicted octanol–water partition coefficient (Wildman–Crippen LogP) is 8.01. The Labute approximate surface area is 220 Å². The molecule has 0 amide bonds. The van der Waals surface area contributed by atoms with Crippen LogP contribution in [0, 0.1) is 35.5 Å². The molecule has 1 aromatic carbocycles. The Morgan fingerprint density at radius 2 is 1.14 bits per heavy atom. The number of benzene rings is 1. The van der Waals surface area contributed by atoms with Crippen LogP contribution >= 0.6 is 0 Å². The Kier molecular flexibility index (Phi) is 8.96. The van der Waals surface area contributed by atoms with Gasteiger partial charge in [-0.3, -0.25) is 0 Å². The van der Waals surface area contributed by atoms with Crippen molar-refractivity contribution in [2.75, 3.05) is 0 Å². The van der Waals surface area contributed by atoms with E-state index in [-0.39, 0.29) is 6.10 Å². The van der Waals surface area contributed by atoms with Crippen LogP contribution in [0.3, 0.4) is 0 Å². The van der Waals surface area contributed by atoms with Crippen molar-refractivity contribution in [1.82, 2.24) is 0 Å². The van der Waals surface area contributed by atoms with Crippen molar-refractivity contribution in [3.63, 3.8) is 0 Å². The number of hydrogen-bond donors (Lipinski definition) is 2. The summed E-state index contributed by atoms with van der Waals surface area (Å²) in [4.78, 5) is 10.9. The molecule has 0 saturated heterocycles. The molecule has 0 spiro atoms. The summed E-state index contributed by atoms with van der Waals surface area (Å²) in [7, 11) is 0. The van der Waals surface area contributed by atoms with Crippen molar-refractivity contribution >= 4 is 0 Å². The minimum absolute atomic E-state index is 0.0936. The lowest BCUT2D eigenvalue weighted by molar-refractivity contribution is -0.0104. The Hall–Kier alpha value is -1.10. The van der Waals surface area contributed by atoms with Crippen LogP contribution in [0.1, 0.15) is 133 Å². The zero-order valence-corrected chi connectivity index (χ0v) is 23.0. The fourth-order valence-electron chi connectivity index (χ4n) is 8.83. The minimum atomic E-state index is 0.0936. The van der Waals surface area contributed by atoms with Gasteiger partial charge in [0, 0.05) is 5.92 Å². The molecule has 0 radical (unpaired) electrons. The van der Waals surface area contributed by atoms with E-state index in [0.29, 0.717) is 11.8 Å². The van der Waals surface area contributed by atoms with E-state index in [1.54, 1.807) is 0 Å². The molecule has 4 nitrogen and oxygen atoms in total. The lowest BCUT2D eigenvalue weighted by atomic mass is 9.65. The first-order valence-corrected chi connectivity index (χ1v) is 15.4. The average Bonchev–Trinajstić information content (AvgIpc) is 2.93. The summed E-state index contributed by atoms with van der Waals surface area (Å²) in [6.07, 6.45) is 20.4. The maximum atomic E-state index is 5.93. The van der Waals surface area contributed by atoms with Crippen molar-refractivity contribution in [3.8, 4) is 5.75 Å². The molecule has 36 heavy (non-hydrogen) atoms. The average molecular weight is 497 g/mol. The van der Waals surface area contributed by atoms with Crippen LogP contribution in [0.4, 0.5) is 0 Å². The topological polar surface area (TPSA) is 70.5 Å². The van der Waals surface area contributed by atoms with Crippen LogP contribution in [0.15, 0.2) is 18.2 Å². The Morgan fingerprint density at radius 3 is 1.69 bits per heavy atom. The molecule has 4 fully saturated rings. The molecule has 3 atom stereocenters. The molecule has 4 N–H and O–H groups in total. The quantitative estimate of drug-likeness (QED) is 0.391. The van der Waals surface area contributed by atoms with Crippen LogP contribution in [0.5, 0.6) is 5.75 Å². The second kappa shape index (κ2) is 12.2. The molecule has 4 heteroatoms. The third-order valence-electron chi connectivity index (χ3n) is 11.3. The highest BCUT2D eigenvalue weighted by Gasteiger charge is 2.39. The normalized spacial score (nSPS) is 40.1. The van der Waals surface area contributed by atoms with Gasteiger partial charge in [0.1, 0.15) is 5.75 Å². The first-order chi connectivity index (χ1) is 17.6. The highest BCUT2D eigenvalue weighted by atomic mass is 16.6. The monoisotopic (exact) mass is 496 g/mol. The van der Waals surface area contributed by atoms with E-state index in [1.165, 1.54) is 101 Å². The lowest BCUT2D eigenvalue weighted by Gasteiger charge is -2.42. The van der Waals surface area contributed by atoms with Crippen LogP contribution in [0.2, 0.25) is 0 Å². The molecule has 0 bridgehead atoms. The van der Waals surface area contributed by atoms with Gasteiger partial charge < -0.3 is 9.68 Å². The van der Waals surface area contributed by atoms with E-state index < -0.39 is 0 Å². The molecule has 4 aliphatic carbocycles. The van der Waals surface area contributed by atoms with Crippen molar-refractivity contribution in [3.05, 3.63) is 29.3 Å². The molecule has 0 aliphatic heterocycles. The maximum Gasteiger partial charge on any atom is 0.147 e. The van der Waals surface area contributed by atoms with Gasteiger partial charge >= 0.3 is 0 Å². The third kappa shape index (κ3) is 5.97. The highest BCUT2D eigenvalue weighted by Crippen LogP contribution is 2.50. The highest BCUT2D eigenvalue weighted by molar-refractivity contribution is 5.41. The lowest BCUT2D eigenvalue weighted by Crippen LogP contribution is -2.36. The van der Waals surface area contributed by atoms with E-state index in [9.17, 15) is 0 Å². The zero-order valence-electron chi connectivity index (χ0n) is 23.0. The van der Waals surface area contributed by atoms with Gasteiger partial charge in [0.05, 0.1) is 6.10 Å². The molecule has 0 aromatic heterocycles. The minimum Gasteiger partial charge on any atom is -0.412 e. The SMILES string of the molecule is CC1CCC(C2CCC(c3ccc(ON)cc3C3CC(C4CCC(C)CC4)CCC3ON)CC2)CC1. The summed E-state index contributed by atoms with van der Waals surface area (Å²) >= 11 is 0. The van der Waals surface area contributed by atoms with Crippen LogP contribution in [0.25, 0.3) is 0 Å². The summed E-state index contributed by atoms with van der Waals surface area (Å²) in [5, 5.41) is 0. The van der Waals surface area contributed by atoms with E-state index in [2.05, 4.69) is 32.0 Å². The number of rotatable bonds is 6. The van der Waals surface area contributed by atoms with Gasteiger partial charge in [-0.1, -0.05) is 45.6 Å². The number of hydrogen-bond acceptors (Lipinski definition) is 4. The smallest absolute Gasteiger partial charge is 0.147 e. The Morgan fingerprint density at radius 1 is 0.611 bits per heavy atom. The van der Waals surface area contributed by atoms with Crippen molar-refractivity contribution in [2.45, 2.75) is 128 Å². The third-order valence-corrected chi connectivity index (χ3v) is 11.3. The maximum absolute atomic E-state index is 5.93. The van der Waals surface area contributed by atoms with Crippen molar-refractivity contribution in [1.29, 1.82) is 0 Å². The predicted molar refractivity (Wildman–Crippen MR) is 147 cm³/mol. The van der Waals surface area contributed by atoms with Gasteiger partial charge in [0.2, 0.25) is 0 Å². The van der Waals surface area contributed by atoms with Gasteiger partial charge in [-0.05, 0) is 135 Å². The van der Waals surface area contributed by atoms with E-state index in [1.807, 2.05) is 0 Å². The summed E-state index contributed by atoms with van der Waals surface area (Å²) in [6, 6.07) is 6.63. The molecular weight excluding hydrogens is 444 g/mol. The molecular formula is C32H52N2O2. The van der Waals surface area contributed by atoms with Gasteiger partial charge in [0.25, 0.3) is 0 Å². The van der Waals surface area contributed by atoms with E-state index >= 15 is 0 Å². The Bertz CT molecular complexity index is 819. The van der Waals surface area contributed by atoms with E-state index in [4.69, 9.17) is 21.5 Å². The molecule has 202 valence electrons. The molecule has 4 saturated carbocycles. The fourth-order valence-corrected chi connectivity index (χ4v) is 8.83.